The van der Waals surface area contributed by atoms with Gasteiger partial charge in [0.05, 0.1) is 6.42 Å². The molecule has 1 aliphatic heterocycles. The van der Waals surface area contributed by atoms with E-state index >= 15 is 0 Å². The fourth-order valence-electron chi connectivity index (χ4n) is 3.32. The Morgan fingerprint density at radius 1 is 1.23 bits per heavy atom. The van der Waals surface area contributed by atoms with Gasteiger partial charge in [-0.1, -0.05) is 29.7 Å². The molecule has 1 unspecified atom stereocenters. The standard InChI is InChI=1S/C19H19FN4O4S2/c20-14-8-6-13(7-9-14)12-16-22-23-19(28-16)21-18(25)15-4-1-2-10-24(15)30(26,27)17-5-3-11-29-17/h3,5-9,11,15H,1-2,4,10,12H2,(H,21,23,25). The summed E-state index contributed by atoms with van der Waals surface area (Å²) in [5, 5.41) is 11.9. The summed E-state index contributed by atoms with van der Waals surface area (Å²) in [4.78, 5) is 12.8. The number of thiophene rings is 1. The highest BCUT2D eigenvalue weighted by Gasteiger charge is 2.38. The first-order valence-corrected chi connectivity index (χ1v) is 11.7. The van der Waals surface area contributed by atoms with Crippen LogP contribution in [0.25, 0.3) is 0 Å². The van der Waals surface area contributed by atoms with Crippen molar-refractivity contribution >= 4 is 33.3 Å². The normalized spacial score (nSPS) is 17.7. The van der Waals surface area contributed by atoms with Gasteiger partial charge in [0, 0.05) is 6.54 Å². The molecule has 3 heterocycles. The first kappa shape index (κ1) is 20.6. The maximum Gasteiger partial charge on any atom is 0.322 e. The van der Waals surface area contributed by atoms with E-state index in [2.05, 4.69) is 15.5 Å². The molecule has 1 amide bonds. The minimum atomic E-state index is -3.75. The summed E-state index contributed by atoms with van der Waals surface area (Å²) >= 11 is 1.12. The van der Waals surface area contributed by atoms with Gasteiger partial charge in [-0.05, 0) is 42.0 Å². The summed E-state index contributed by atoms with van der Waals surface area (Å²) < 4.78 is 45.8. The molecule has 8 nitrogen and oxygen atoms in total. The van der Waals surface area contributed by atoms with Gasteiger partial charge >= 0.3 is 6.01 Å². The van der Waals surface area contributed by atoms with Gasteiger partial charge < -0.3 is 4.42 Å². The zero-order chi connectivity index (χ0) is 21.1. The van der Waals surface area contributed by atoms with E-state index in [9.17, 15) is 17.6 Å². The predicted molar refractivity (Wildman–Crippen MR) is 108 cm³/mol. The number of rotatable bonds is 6. The van der Waals surface area contributed by atoms with E-state index in [1.54, 1.807) is 23.6 Å². The quantitative estimate of drug-likeness (QED) is 0.619. The Morgan fingerprint density at radius 3 is 2.77 bits per heavy atom. The van der Waals surface area contributed by atoms with Crippen molar-refractivity contribution < 1.29 is 22.0 Å². The Morgan fingerprint density at radius 2 is 2.03 bits per heavy atom. The van der Waals surface area contributed by atoms with Crippen LogP contribution in [0.2, 0.25) is 0 Å². The summed E-state index contributed by atoms with van der Waals surface area (Å²) in [6, 6.07) is 8.12. The van der Waals surface area contributed by atoms with Crippen molar-refractivity contribution in [1.82, 2.24) is 14.5 Å². The molecule has 30 heavy (non-hydrogen) atoms. The number of halogens is 1. The number of amides is 1. The molecule has 0 saturated carbocycles. The molecule has 1 saturated heterocycles. The number of hydrogen-bond acceptors (Lipinski definition) is 7. The molecular weight excluding hydrogens is 431 g/mol. The SMILES string of the molecule is O=C(Nc1nnc(Cc2ccc(F)cc2)o1)C1CCCCN1S(=O)(=O)c1cccs1. The van der Waals surface area contributed by atoms with Gasteiger partial charge in [-0.3, -0.25) is 10.1 Å². The van der Waals surface area contributed by atoms with Crippen LogP contribution >= 0.6 is 11.3 Å². The molecule has 1 aromatic carbocycles. The summed E-state index contributed by atoms with van der Waals surface area (Å²) in [6.07, 6.45) is 2.13. The summed E-state index contributed by atoms with van der Waals surface area (Å²) in [6.45, 7) is 0.276. The molecule has 4 rings (SSSR count). The minimum absolute atomic E-state index is 0.101. The first-order valence-electron chi connectivity index (χ1n) is 9.36. The van der Waals surface area contributed by atoms with Crippen molar-refractivity contribution in [2.75, 3.05) is 11.9 Å². The van der Waals surface area contributed by atoms with Crippen molar-refractivity contribution in [3.8, 4) is 0 Å². The molecule has 11 heteroatoms. The predicted octanol–water partition coefficient (Wildman–Crippen LogP) is 3.04. The molecule has 3 aromatic rings. The summed E-state index contributed by atoms with van der Waals surface area (Å²) in [7, 11) is -3.75. The van der Waals surface area contributed by atoms with Gasteiger partial charge in [-0.15, -0.1) is 16.4 Å². The lowest BCUT2D eigenvalue weighted by Gasteiger charge is -2.32. The Hall–Kier alpha value is -2.63. The van der Waals surface area contributed by atoms with E-state index < -0.39 is 22.0 Å². The maximum atomic E-state index is 13.0. The number of anilines is 1. The molecule has 2 aromatic heterocycles. The third kappa shape index (κ3) is 4.42. The van der Waals surface area contributed by atoms with Crippen molar-refractivity contribution in [1.29, 1.82) is 0 Å². The fourth-order valence-corrected chi connectivity index (χ4v) is 6.10. The van der Waals surface area contributed by atoms with Crippen molar-refractivity contribution in [3.63, 3.8) is 0 Å². The zero-order valence-electron chi connectivity index (χ0n) is 15.8. The number of hydrogen-bond donors (Lipinski definition) is 1. The second kappa shape index (κ2) is 8.62. The van der Waals surface area contributed by atoms with Crippen LogP contribution in [0.15, 0.2) is 50.4 Å². The summed E-state index contributed by atoms with van der Waals surface area (Å²) in [5.41, 5.74) is 0.776. The van der Waals surface area contributed by atoms with Crippen LogP contribution in [-0.2, 0) is 21.2 Å². The first-order chi connectivity index (χ1) is 14.4. The number of nitrogens with one attached hydrogen (secondary N) is 1. The molecule has 1 atom stereocenters. The van der Waals surface area contributed by atoms with Gasteiger partial charge in [0.25, 0.3) is 10.0 Å². The minimum Gasteiger partial charge on any atom is -0.407 e. The molecule has 1 aliphatic rings. The largest absolute Gasteiger partial charge is 0.407 e. The molecule has 0 radical (unpaired) electrons. The van der Waals surface area contributed by atoms with Crippen LogP contribution < -0.4 is 5.32 Å². The average molecular weight is 451 g/mol. The molecule has 0 aliphatic carbocycles. The zero-order valence-corrected chi connectivity index (χ0v) is 17.5. The highest BCUT2D eigenvalue weighted by Crippen LogP contribution is 2.28. The van der Waals surface area contributed by atoms with Gasteiger partial charge in [-0.2, -0.15) is 4.31 Å². The number of carbonyl (C=O) groups excluding carboxylic acids is 1. The molecule has 0 spiro atoms. The van der Waals surface area contributed by atoms with Gasteiger partial charge in [0.2, 0.25) is 11.8 Å². The van der Waals surface area contributed by atoms with E-state index in [1.165, 1.54) is 22.5 Å². The molecule has 1 fully saturated rings. The highest BCUT2D eigenvalue weighted by molar-refractivity contribution is 7.91. The second-order valence-electron chi connectivity index (χ2n) is 6.85. The molecule has 0 bridgehead atoms. The average Bonchev–Trinajstić information content (AvgIpc) is 3.42. The van der Waals surface area contributed by atoms with Crippen LogP contribution in [0, 0.1) is 5.82 Å². The number of aromatic nitrogens is 2. The number of carbonyl (C=O) groups is 1. The maximum absolute atomic E-state index is 13.0. The Balaban J connectivity index is 1.46. The van der Waals surface area contributed by atoms with E-state index in [4.69, 9.17) is 4.42 Å². The Kier molecular flexibility index (Phi) is 5.93. The van der Waals surface area contributed by atoms with Crippen LogP contribution in [0.5, 0.6) is 0 Å². The van der Waals surface area contributed by atoms with Crippen molar-refractivity contribution in [2.24, 2.45) is 0 Å². The summed E-state index contributed by atoms with van der Waals surface area (Å²) in [5.74, 6) is -0.595. The van der Waals surface area contributed by atoms with E-state index in [1.807, 2.05) is 0 Å². The number of piperidine rings is 1. The van der Waals surface area contributed by atoms with Crippen LogP contribution in [0.1, 0.15) is 30.7 Å². The third-order valence-electron chi connectivity index (χ3n) is 4.78. The van der Waals surface area contributed by atoms with Crippen LogP contribution in [0.3, 0.4) is 0 Å². The lowest BCUT2D eigenvalue weighted by Crippen LogP contribution is -2.49. The molecule has 1 N–H and O–H groups in total. The smallest absolute Gasteiger partial charge is 0.322 e. The Labute approximate surface area is 176 Å². The molecule has 158 valence electrons. The van der Waals surface area contributed by atoms with Gasteiger partial charge in [0.1, 0.15) is 16.1 Å². The van der Waals surface area contributed by atoms with E-state index in [0.29, 0.717) is 12.8 Å². The van der Waals surface area contributed by atoms with Crippen molar-refractivity contribution in [2.45, 2.75) is 35.9 Å². The number of benzene rings is 1. The van der Waals surface area contributed by atoms with Crippen LogP contribution in [0.4, 0.5) is 10.4 Å². The Bertz CT molecular complexity index is 1110. The number of nitrogens with zero attached hydrogens (tertiary/aromatic N) is 3. The highest BCUT2D eigenvalue weighted by atomic mass is 32.2. The number of sulfonamides is 1. The monoisotopic (exact) mass is 450 g/mol. The molecular formula is C19H19FN4O4S2. The van der Waals surface area contributed by atoms with Crippen LogP contribution in [-0.4, -0.2) is 41.4 Å². The van der Waals surface area contributed by atoms with E-state index in [-0.39, 0.29) is 34.9 Å². The second-order valence-corrected chi connectivity index (χ2v) is 9.92. The van der Waals surface area contributed by atoms with Gasteiger partial charge in [0.15, 0.2) is 0 Å². The van der Waals surface area contributed by atoms with Crippen molar-refractivity contribution in [3.05, 3.63) is 59.0 Å². The third-order valence-corrected chi connectivity index (χ3v) is 8.06. The topological polar surface area (TPSA) is 105 Å². The lowest BCUT2D eigenvalue weighted by atomic mass is 10.0. The lowest BCUT2D eigenvalue weighted by molar-refractivity contribution is -0.120. The van der Waals surface area contributed by atoms with E-state index in [0.717, 1.165) is 23.3 Å². The van der Waals surface area contributed by atoms with Gasteiger partial charge in [-0.25, -0.2) is 12.8 Å². The fraction of sp³-hybridized carbons (Fsp3) is 0.316.